The van der Waals surface area contributed by atoms with E-state index < -0.39 is 0 Å². The van der Waals surface area contributed by atoms with Crippen molar-refractivity contribution in [3.05, 3.63) is 12.2 Å². The molecule has 14 heavy (non-hydrogen) atoms. The molecule has 0 aromatic rings. The fourth-order valence-corrected chi connectivity index (χ4v) is 1.46. The van der Waals surface area contributed by atoms with Crippen LogP contribution in [0.15, 0.2) is 12.2 Å². The number of hydrogen-bond acceptors (Lipinski definition) is 1. The molecule has 0 amide bonds. The third-order valence-electron chi connectivity index (χ3n) is 2.31. The molecule has 0 aliphatic rings. The lowest BCUT2D eigenvalue weighted by atomic mass is 10.1. The molecule has 0 heterocycles. The molecule has 2 heteroatoms. The van der Waals surface area contributed by atoms with Crippen LogP contribution < -0.4 is 5.73 Å². The van der Waals surface area contributed by atoms with E-state index in [2.05, 4.69) is 19.1 Å². The molecular formula is C12H26ClN. The van der Waals surface area contributed by atoms with E-state index in [0.717, 1.165) is 6.54 Å². The average molecular weight is 220 g/mol. The summed E-state index contributed by atoms with van der Waals surface area (Å²) in [5.41, 5.74) is 5.42. The minimum Gasteiger partial charge on any atom is -0.330 e. The van der Waals surface area contributed by atoms with Gasteiger partial charge in [-0.3, -0.25) is 0 Å². The molecule has 0 fully saturated rings. The Bertz CT molecular complexity index is 113. The second kappa shape index (κ2) is 15.5. The molecule has 0 rings (SSSR count). The van der Waals surface area contributed by atoms with Gasteiger partial charge in [-0.2, -0.15) is 0 Å². The van der Waals surface area contributed by atoms with Gasteiger partial charge in [0.2, 0.25) is 0 Å². The zero-order valence-electron chi connectivity index (χ0n) is 9.50. The van der Waals surface area contributed by atoms with Crippen LogP contribution in [0.4, 0.5) is 0 Å². The number of nitrogens with two attached hydrogens (primary N) is 1. The van der Waals surface area contributed by atoms with Crippen LogP contribution in [0.3, 0.4) is 0 Å². The van der Waals surface area contributed by atoms with E-state index in [4.69, 9.17) is 5.73 Å². The normalized spacial score (nSPS) is 10.4. The van der Waals surface area contributed by atoms with Crippen molar-refractivity contribution in [1.29, 1.82) is 0 Å². The van der Waals surface area contributed by atoms with Gasteiger partial charge in [-0.05, 0) is 32.7 Å². The lowest BCUT2D eigenvalue weighted by molar-refractivity contribution is 0.584. The molecule has 1 nitrogen and oxygen atoms in total. The molecule has 0 saturated heterocycles. The summed E-state index contributed by atoms with van der Waals surface area (Å²) < 4.78 is 0. The van der Waals surface area contributed by atoms with Gasteiger partial charge in [0.05, 0.1) is 0 Å². The molecule has 0 saturated carbocycles. The van der Waals surface area contributed by atoms with Crippen molar-refractivity contribution < 1.29 is 0 Å². The molecule has 86 valence electrons. The second-order valence-electron chi connectivity index (χ2n) is 3.62. The van der Waals surface area contributed by atoms with Crippen molar-refractivity contribution in [1.82, 2.24) is 0 Å². The summed E-state index contributed by atoms with van der Waals surface area (Å²) in [4.78, 5) is 0. The molecule has 0 bridgehead atoms. The quantitative estimate of drug-likeness (QED) is 0.459. The van der Waals surface area contributed by atoms with Crippen LogP contribution in [-0.2, 0) is 0 Å². The average Bonchev–Trinajstić information content (AvgIpc) is 2.16. The van der Waals surface area contributed by atoms with E-state index in [1.54, 1.807) is 0 Å². The first-order valence-electron chi connectivity index (χ1n) is 5.73. The summed E-state index contributed by atoms with van der Waals surface area (Å²) in [6.45, 7) is 2.95. The minimum absolute atomic E-state index is 0. The number of unbranched alkanes of at least 4 members (excludes halogenated alkanes) is 7. The third kappa shape index (κ3) is 14.5. The van der Waals surface area contributed by atoms with E-state index >= 15 is 0 Å². The van der Waals surface area contributed by atoms with Crippen LogP contribution in [-0.4, -0.2) is 6.54 Å². The highest BCUT2D eigenvalue weighted by Gasteiger charge is 1.89. The molecule has 0 aliphatic carbocycles. The van der Waals surface area contributed by atoms with Gasteiger partial charge in [-0.15, -0.1) is 12.4 Å². The smallest absolute Gasteiger partial charge is 0.00773 e. The molecule has 0 aliphatic heterocycles. The standard InChI is InChI=1S/C12H25N.ClH/c1-2-3-4-5-6-7-8-9-10-11-12-13;/h2-3H,4-13H2,1H3;1H. The molecule has 2 N–H and O–H groups in total. The van der Waals surface area contributed by atoms with Gasteiger partial charge < -0.3 is 5.73 Å². The maximum atomic E-state index is 5.42. The van der Waals surface area contributed by atoms with Gasteiger partial charge in [-0.25, -0.2) is 0 Å². The van der Waals surface area contributed by atoms with Gasteiger partial charge >= 0.3 is 0 Å². The zero-order valence-corrected chi connectivity index (χ0v) is 10.3. The monoisotopic (exact) mass is 219 g/mol. The summed E-state index contributed by atoms with van der Waals surface area (Å²) in [7, 11) is 0. The van der Waals surface area contributed by atoms with E-state index in [0.29, 0.717) is 0 Å². The first-order valence-corrected chi connectivity index (χ1v) is 5.73. The summed E-state index contributed by atoms with van der Waals surface area (Å²) in [5, 5.41) is 0. The second-order valence-corrected chi connectivity index (χ2v) is 3.62. The third-order valence-corrected chi connectivity index (χ3v) is 2.31. The molecule has 0 atom stereocenters. The topological polar surface area (TPSA) is 26.0 Å². The lowest BCUT2D eigenvalue weighted by Gasteiger charge is -1.99. The fourth-order valence-electron chi connectivity index (χ4n) is 1.46. The Kier molecular flexibility index (Phi) is 18.1. The lowest BCUT2D eigenvalue weighted by Crippen LogP contribution is -1.97. The number of rotatable bonds is 9. The predicted octanol–water partition coefficient (Wildman–Crippen LogP) is 4.06. The van der Waals surface area contributed by atoms with Crippen molar-refractivity contribution in [3.8, 4) is 0 Å². The molecule has 0 unspecified atom stereocenters. The van der Waals surface area contributed by atoms with Gasteiger partial charge in [0.15, 0.2) is 0 Å². The molecule has 0 aromatic heterocycles. The van der Waals surface area contributed by atoms with Crippen LogP contribution in [0.25, 0.3) is 0 Å². The van der Waals surface area contributed by atoms with Crippen LogP contribution in [0.5, 0.6) is 0 Å². The Hall–Kier alpha value is -0.0100. The highest BCUT2D eigenvalue weighted by atomic mass is 35.5. The number of allylic oxidation sites excluding steroid dienone is 2. The highest BCUT2D eigenvalue weighted by molar-refractivity contribution is 5.85. The van der Waals surface area contributed by atoms with Crippen molar-refractivity contribution in [2.24, 2.45) is 5.73 Å². The van der Waals surface area contributed by atoms with Crippen LogP contribution >= 0.6 is 12.4 Å². The highest BCUT2D eigenvalue weighted by Crippen LogP contribution is 2.08. The summed E-state index contributed by atoms with van der Waals surface area (Å²) in [6.07, 6.45) is 15.1. The molecule has 0 spiro atoms. The van der Waals surface area contributed by atoms with Crippen molar-refractivity contribution in [2.45, 2.75) is 58.3 Å². The van der Waals surface area contributed by atoms with Crippen molar-refractivity contribution in [3.63, 3.8) is 0 Å². The Morgan fingerprint density at radius 2 is 1.36 bits per heavy atom. The first-order chi connectivity index (χ1) is 6.41. The van der Waals surface area contributed by atoms with E-state index in [9.17, 15) is 0 Å². The number of hydrogen-bond donors (Lipinski definition) is 1. The van der Waals surface area contributed by atoms with Gasteiger partial charge in [-0.1, -0.05) is 44.3 Å². The zero-order chi connectivity index (χ0) is 9.78. The van der Waals surface area contributed by atoms with E-state index in [1.165, 1.54) is 51.4 Å². The van der Waals surface area contributed by atoms with Crippen molar-refractivity contribution in [2.75, 3.05) is 6.54 Å². The van der Waals surface area contributed by atoms with Crippen molar-refractivity contribution >= 4 is 12.4 Å². The summed E-state index contributed by atoms with van der Waals surface area (Å²) in [5.74, 6) is 0. The SMILES string of the molecule is CC=CCCCCCCCCCN.Cl. The Labute approximate surface area is 95.6 Å². The van der Waals surface area contributed by atoms with Gasteiger partial charge in [0.25, 0.3) is 0 Å². The summed E-state index contributed by atoms with van der Waals surface area (Å²) in [6, 6.07) is 0. The molecule has 0 aromatic carbocycles. The predicted molar refractivity (Wildman–Crippen MR) is 68.1 cm³/mol. The van der Waals surface area contributed by atoms with Crippen LogP contribution in [0.2, 0.25) is 0 Å². The first kappa shape index (κ1) is 16.4. The Morgan fingerprint density at radius 3 is 1.86 bits per heavy atom. The number of halogens is 1. The maximum Gasteiger partial charge on any atom is -0.00773 e. The molecule has 0 radical (unpaired) electrons. The minimum atomic E-state index is 0. The Balaban J connectivity index is 0. The largest absolute Gasteiger partial charge is 0.330 e. The van der Waals surface area contributed by atoms with E-state index in [-0.39, 0.29) is 12.4 Å². The van der Waals surface area contributed by atoms with E-state index in [1.807, 2.05) is 0 Å². The molecular weight excluding hydrogens is 194 g/mol. The Morgan fingerprint density at radius 1 is 0.857 bits per heavy atom. The van der Waals surface area contributed by atoms with Crippen LogP contribution in [0.1, 0.15) is 58.3 Å². The fraction of sp³-hybridized carbons (Fsp3) is 0.833. The van der Waals surface area contributed by atoms with Crippen LogP contribution in [0, 0.1) is 0 Å². The van der Waals surface area contributed by atoms with Gasteiger partial charge in [0.1, 0.15) is 0 Å². The summed E-state index contributed by atoms with van der Waals surface area (Å²) >= 11 is 0. The van der Waals surface area contributed by atoms with Gasteiger partial charge in [0, 0.05) is 0 Å². The maximum absolute atomic E-state index is 5.42.